The second kappa shape index (κ2) is 8.37. The van der Waals surface area contributed by atoms with E-state index < -0.39 is 11.8 Å². The Balaban J connectivity index is 1.83. The van der Waals surface area contributed by atoms with Gasteiger partial charge in [0.25, 0.3) is 11.8 Å². The van der Waals surface area contributed by atoms with Crippen LogP contribution in [-0.4, -0.2) is 37.9 Å². The smallest absolute Gasteiger partial charge is 0.287 e. The number of furan rings is 1. The van der Waals surface area contributed by atoms with Gasteiger partial charge in [0.2, 0.25) is 5.91 Å². The predicted octanol–water partition coefficient (Wildman–Crippen LogP) is 0.773. The Morgan fingerprint density at radius 3 is 2.67 bits per heavy atom. The molecule has 0 fully saturated rings. The normalized spacial score (nSPS) is 9.88. The fourth-order valence-electron chi connectivity index (χ4n) is 1.75. The molecule has 2 rings (SSSR count). The number of benzene rings is 1. The summed E-state index contributed by atoms with van der Waals surface area (Å²) in [7, 11) is 1.51. The van der Waals surface area contributed by atoms with E-state index in [9.17, 15) is 14.4 Å². The third-order valence-electron chi connectivity index (χ3n) is 2.92. The SMILES string of the molecule is CNC(=O)COc1cccc(NC(=O)CNC(=O)c2ccco2)c1. The van der Waals surface area contributed by atoms with Gasteiger partial charge in [-0.2, -0.15) is 0 Å². The molecule has 126 valence electrons. The molecule has 0 atom stereocenters. The topological polar surface area (TPSA) is 110 Å². The van der Waals surface area contributed by atoms with E-state index in [2.05, 4.69) is 16.0 Å². The monoisotopic (exact) mass is 331 g/mol. The van der Waals surface area contributed by atoms with E-state index in [1.165, 1.54) is 19.4 Å². The Bertz CT molecular complexity index is 712. The zero-order chi connectivity index (χ0) is 17.4. The number of nitrogens with one attached hydrogen (secondary N) is 3. The molecule has 3 N–H and O–H groups in total. The van der Waals surface area contributed by atoms with Crippen LogP contribution in [0.1, 0.15) is 10.6 Å². The first-order chi connectivity index (χ1) is 11.6. The Kier molecular flexibility index (Phi) is 5.95. The molecule has 0 aliphatic carbocycles. The molecule has 1 aromatic carbocycles. The standard InChI is InChI=1S/C16H17N3O5/c1-17-15(21)10-24-12-5-2-4-11(8-12)19-14(20)9-18-16(22)13-6-3-7-23-13/h2-8H,9-10H2,1H3,(H,17,21)(H,18,22)(H,19,20). The average Bonchev–Trinajstić information content (AvgIpc) is 3.12. The highest BCUT2D eigenvalue weighted by atomic mass is 16.5. The molecule has 0 aliphatic rings. The molecule has 0 aliphatic heterocycles. The average molecular weight is 331 g/mol. The highest BCUT2D eigenvalue weighted by molar-refractivity contribution is 5.98. The summed E-state index contributed by atoms with van der Waals surface area (Å²) < 4.78 is 10.2. The summed E-state index contributed by atoms with van der Waals surface area (Å²) in [6.07, 6.45) is 1.37. The highest BCUT2D eigenvalue weighted by Crippen LogP contribution is 2.17. The minimum absolute atomic E-state index is 0.118. The van der Waals surface area contributed by atoms with Crippen LogP contribution in [0.15, 0.2) is 47.1 Å². The van der Waals surface area contributed by atoms with E-state index in [1.54, 1.807) is 30.3 Å². The number of hydrogen-bond acceptors (Lipinski definition) is 5. The van der Waals surface area contributed by atoms with Gasteiger partial charge in [0.05, 0.1) is 12.8 Å². The Hall–Kier alpha value is -3.29. The Morgan fingerprint density at radius 1 is 1.12 bits per heavy atom. The molecule has 0 bridgehead atoms. The zero-order valence-electron chi connectivity index (χ0n) is 13.0. The van der Waals surface area contributed by atoms with Gasteiger partial charge in [-0.05, 0) is 24.3 Å². The lowest BCUT2D eigenvalue weighted by Crippen LogP contribution is -2.32. The molecule has 0 saturated heterocycles. The van der Waals surface area contributed by atoms with Crippen molar-refractivity contribution in [2.24, 2.45) is 0 Å². The van der Waals surface area contributed by atoms with Crippen LogP contribution >= 0.6 is 0 Å². The summed E-state index contributed by atoms with van der Waals surface area (Å²) >= 11 is 0. The number of carbonyl (C=O) groups is 3. The van der Waals surface area contributed by atoms with Crippen molar-refractivity contribution in [1.82, 2.24) is 10.6 Å². The third kappa shape index (κ3) is 5.16. The molecule has 3 amide bonds. The van der Waals surface area contributed by atoms with Gasteiger partial charge in [-0.25, -0.2) is 0 Å². The fourth-order valence-corrected chi connectivity index (χ4v) is 1.75. The molecular formula is C16H17N3O5. The summed E-state index contributed by atoms with van der Waals surface area (Å²) in [5, 5.41) is 7.50. The molecule has 1 aromatic heterocycles. The van der Waals surface area contributed by atoms with E-state index in [0.29, 0.717) is 11.4 Å². The molecule has 0 unspecified atom stereocenters. The molecule has 0 spiro atoms. The lowest BCUT2D eigenvalue weighted by atomic mass is 10.3. The van der Waals surface area contributed by atoms with Gasteiger partial charge in [0.1, 0.15) is 5.75 Å². The maximum atomic E-state index is 11.8. The van der Waals surface area contributed by atoms with Crippen molar-refractivity contribution in [3.8, 4) is 5.75 Å². The quantitative estimate of drug-likeness (QED) is 0.694. The van der Waals surface area contributed by atoms with E-state index in [0.717, 1.165) is 0 Å². The number of amides is 3. The van der Waals surface area contributed by atoms with Crippen LogP contribution in [0.2, 0.25) is 0 Å². The first-order valence-electron chi connectivity index (χ1n) is 7.13. The van der Waals surface area contributed by atoms with Crippen molar-refractivity contribution >= 4 is 23.4 Å². The van der Waals surface area contributed by atoms with Crippen molar-refractivity contribution in [3.05, 3.63) is 48.4 Å². The first kappa shape index (κ1) is 17.1. The number of ether oxygens (including phenoxy) is 1. The van der Waals surface area contributed by atoms with Gasteiger partial charge in [0.15, 0.2) is 12.4 Å². The predicted molar refractivity (Wildman–Crippen MR) is 85.7 cm³/mol. The van der Waals surface area contributed by atoms with Crippen molar-refractivity contribution in [3.63, 3.8) is 0 Å². The second-order valence-electron chi connectivity index (χ2n) is 4.70. The number of anilines is 1. The van der Waals surface area contributed by atoms with E-state index in [4.69, 9.17) is 9.15 Å². The fraction of sp³-hybridized carbons (Fsp3) is 0.188. The summed E-state index contributed by atoms with van der Waals surface area (Å²) in [4.78, 5) is 34.6. The van der Waals surface area contributed by atoms with E-state index >= 15 is 0 Å². The Labute approximate surface area is 138 Å². The van der Waals surface area contributed by atoms with Gasteiger partial charge >= 0.3 is 0 Å². The van der Waals surface area contributed by atoms with Crippen LogP contribution in [0.3, 0.4) is 0 Å². The summed E-state index contributed by atoms with van der Waals surface area (Å²) in [6.45, 7) is -0.323. The van der Waals surface area contributed by atoms with E-state index in [-0.39, 0.29) is 24.8 Å². The van der Waals surface area contributed by atoms with Crippen molar-refractivity contribution in [2.75, 3.05) is 25.5 Å². The van der Waals surface area contributed by atoms with Crippen LogP contribution < -0.4 is 20.7 Å². The highest BCUT2D eigenvalue weighted by Gasteiger charge is 2.10. The first-order valence-corrected chi connectivity index (χ1v) is 7.13. The third-order valence-corrected chi connectivity index (χ3v) is 2.92. The minimum Gasteiger partial charge on any atom is -0.484 e. The summed E-state index contributed by atoms with van der Waals surface area (Å²) in [5.74, 6) is -0.565. The van der Waals surface area contributed by atoms with Gasteiger partial charge in [-0.3, -0.25) is 14.4 Å². The minimum atomic E-state index is -0.474. The van der Waals surface area contributed by atoms with Crippen molar-refractivity contribution in [2.45, 2.75) is 0 Å². The van der Waals surface area contributed by atoms with Gasteiger partial charge < -0.3 is 25.1 Å². The van der Waals surface area contributed by atoms with Gasteiger partial charge in [-0.15, -0.1) is 0 Å². The van der Waals surface area contributed by atoms with Crippen LogP contribution in [0.5, 0.6) is 5.75 Å². The van der Waals surface area contributed by atoms with Crippen LogP contribution in [0, 0.1) is 0 Å². The van der Waals surface area contributed by atoms with Gasteiger partial charge in [-0.1, -0.05) is 6.07 Å². The Morgan fingerprint density at radius 2 is 1.96 bits per heavy atom. The summed E-state index contributed by atoms with van der Waals surface area (Å²) in [5.41, 5.74) is 0.488. The largest absolute Gasteiger partial charge is 0.484 e. The maximum absolute atomic E-state index is 11.8. The lowest BCUT2D eigenvalue weighted by molar-refractivity contribution is -0.122. The number of rotatable bonds is 7. The van der Waals surface area contributed by atoms with Crippen molar-refractivity contribution in [1.29, 1.82) is 0 Å². The zero-order valence-corrected chi connectivity index (χ0v) is 13.0. The van der Waals surface area contributed by atoms with Crippen LogP contribution in [0.4, 0.5) is 5.69 Å². The lowest BCUT2D eigenvalue weighted by Gasteiger charge is -2.09. The number of likely N-dealkylation sites (N-methyl/N-ethyl adjacent to an activating group) is 1. The number of hydrogen-bond donors (Lipinski definition) is 3. The van der Waals surface area contributed by atoms with Crippen molar-refractivity contribution < 1.29 is 23.5 Å². The number of carbonyl (C=O) groups excluding carboxylic acids is 3. The molecule has 24 heavy (non-hydrogen) atoms. The molecule has 8 heteroatoms. The van der Waals surface area contributed by atoms with Crippen LogP contribution in [-0.2, 0) is 9.59 Å². The molecule has 8 nitrogen and oxygen atoms in total. The maximum Gasteiger partial charge on any atom is 0.287 e. The molecule has 2 aromatic rings. The molecule has 0 radical (unpaired) electrons. The molecule has 1 heterocycles. The van der Waals surface area contributed by atoms with Gasteiger partial charge in [0, 0.05) is 18.8 Å². The molecular weight excluding hydrogens is 314 g/mol. The molecule has 0 saturated carbocycles. The summed E-state index contributed by atoms with van der Waals surface area (Å²) in [6, 6.07) is 9.67. The second-order valence-corrected chi connectivity index (χ2v) is 4.70. The van der Waals surface area contributed by atoms with E-state index in [1.807, 2.05) is 0 Å². The van der Waals surface area contributed by atoms with Crippen LogP contribution in [0.25, 0.3) is 0 Å².